The van der Waals surface area contributed by atoms with E-state index in [4.69, 9.17) is 18.9 Å². The monoisotopic (exact) mass is 513 g/mol. The van der Waals surface area contributed by atoms with E-state index in [0.29, 0.717) is 71.5 Å². The van der Waals surface area contributed by atoms with E-state index >= 15 is 0 Å². The van der Waals surface area contributed by atoms with Gasteiger partial charge in [-0.3, -0.25) is 14.5 Å². The number of hydrogen-bond donors (Lipinski definition) is 1. The van der Waals surface area contributed by atoms with Gasteiger partial charge in [0.2, 0.25) is 0 Å². The maximum Gasteiger partial charge on any atom is 0.253 e. The number of nitrogens with one attached hydrogen (secondary N) is 1. The summed E-state index contributed by atoms with van der Waals surface area (Å²) in [7, 11) is 1.96. The lowest BCUT2D eigenvalue weighted by atomic mass is 10.4. The van der Waals surface area contributed by atoms with Crippen LogP contribution in [0.4, 0.5) is 0 Å². The predicted molar refractivity (Wildman–Crippen MR) is 134 cm³/mol. The molecule has 2 heterocycles. The van der Waals surface area contributed by atoms with Gasteiger partial charge < -0.3 is 29.1 Å². The second-order valence-corrected chi connectivity index (χ2v) is 7.08. The van der Waals surface area contributed by atoms with Crippen molar-refractivity contribution in [2.24, 2.45) is 0 Å². The average Bonchev–Trinajstić information content (AvgIpc) is 3.48. The van der Waals surface area contributed by atoms with Crippen LogP contribution < -0.4 is 5.32 Å². The van der Waals surface area contributed by atoms with Crippen molar-refractivity contribution < 1.29 is 33.3 Å². The molecule has 0 fully saturated rings. The van der Waals surface area contributed by atoms with Gasteiger partial charge in [-0.2, -0.15) is 0 Å². The first-order valence-electron chi connectivity index (χ1n) is 12.4. The molecule has 1 aliphatic rings. The molecule has 12 nitrogen and oxygen atoms in total. The van der Waals surface area contributed by atoms with Crippen molar-refractivity contribution in [2.45, 2.75) is 46.7 Å². The third kappa shape index (κ3) is 17.0. The third-order valence-electron chi connectivity index (χ3n) is 4.27. The number of carbonyl (C=O) groups excluding carboxylic acids is 3. The first kappa shape index (κ1) is 33.5. The predicted octanol–water partition coefficient (Wildman–Crippen LogP) is 1.00. The molecule has 36 heavy (non-hydrogen) atoms. The van der Waals surface area contributed by atoms with Crippen molar-refractivity contribution in [1.29, 1.82) is 0 Å². The molecular formula is C24H43N5O7. The van der Waals surface area contributed by atoms with Crippen molar-refractivity contribution in [3.8, 4) is 0 Å². The molecule has 0 aromatic carbocycles. The van der Waals surface area contributed by atoms with Gasteiger partial charge in [0.05, 0.1) is 72.1 Å². The van der Waals surface area contributed by atoms with E-state index < -0.39 is 0 Å². The van der Waals surface area contributed by atoms with Crippen LogP contribution in [-0.4, -0.2) is 104 Å². The molecule has 2 rings (SSSR count). The SMILES string of the molecule is CC.CCCNC.O=CCCOCCOCCOCCOCCn1cc(CN2C(=O)C=CC2=O)nn1. The minimum atomic E-state index is -0.346. The molecule has 0 saturated carbocycles. The lowest BCUT2D eigenvalue weighted by Gasteiger charge is -2.10. The van der Waals surface area contributed by atoms with Crippen LogP contribution in [0.2, 0.25) is 0 Å². The van der Waals surface area contributed by atoms with E-state index in [0.717, 1.165) is 17.7 Å². The second kappa shape index (κ2) is 24.2. The summed E-state index contributed by atoms with van der Waals surface area (Å²) in [5, 5.41) is 10.9. The number of ether oxygens (including phenoxy) is 4. The fourth-order valence-corrected chi connectivity index (χ4v) is 2.57. The van der Waals surface area contributed by atoms with E-state index in [1.165, 1.54) is 18.6 Å². The van der Waals surface area contributed by atoms with Crippen molar-refractivity contribution >= 4 is 18.1 Å². The van der Waals surface area contributed by atoms with Crippen LogP contribution in [0, 0.1) is 0 Å². The van der Waals surface area contributed by atoms with Crippen LogP contribution in [0.1, 0.15) is 39.3 Å². The highest BCUT2D eigenvalue weighted by Gasteiger charge is 2.24. The molecule has 0 spiro atoms. The van der Waals surface area contributed by atoms with Crippen LogP contribution in [-0.2, 0) is 46.4 Å². The lowest BCUT2D eigenvalue weighted by molar-refractivity contribution is -0.137. The molecule has 0 radical (unpaired) electrons. The zero-order valence-corrected chi connectivity index (χ0v) is 22.1. The molecule has 1 N–H and O–H groups in total. The first-order chi connectivity index (χ1) is 17.6. The Morgan fingerprint density at radius 2 is 1.42 bits per heavy atom. The number of hydrogen-bond acceptors (Lipinski definition) is 10. The summed E-state index contributed by atoms with van der Waals surface area (Å²) in [6.45, 7) is 11.5. The highest BCUT2D eigenvalue weighted by molar-refractivity contribution is 6.12. The number of nitrogens with zero attached hydrogens (tertiary/aromatic N) is 4. The maximum atomic E-state index is 11.5. The number of rotatable bonds is 19. The van der Waals surface area contributed by atoms with Gasteiger partial charge in [-0.1, -0.05) is 26.0 Å². The van der Waals surface area contributed by atoms with Gasteiger partial charge in [-0.25, -0.2) is 4.68 Å². The van der Waals surface area contributed by atoms with Crippen LogP contribution in [0.3, 0.4) is 0 Å². The molecule has 0 bridgehead atoms. The smallest absolute Gasteiger partial charge is 0.253 e. The summed E-state index contributed by atoms with van der Waals surface area (Å²) in [4.78, 5) is 34.2. The molecule has 0 aliphatic carbocycles. The quantitative estimate of drug-likeness (QED) is 0.162. The van der Waals surface area contributed by atoms with Crippen molar-refractivity contribution in [2.75, 3.05) is 66.4 Å². The Labute approximate surface area is 214 Å². The fraction of sp³-hybridized carbons (Fsp3) is 0.708. The molecule has 206 valence electrons. The van der Waals surface area contributed by atoms with Gasteiger partial charge in [-0.15, -0.1) is 5.10 Å². The van der Waals surface area contributed by atoms with E-state index in [1.54, 1.807) is 10.9 Å². The minimum absolute atomic E-state index is 0.103. The number of imide groups is 1. The molecular weight excluding hydrogens is 470 g/mol. The largest absolute Gasteiger partial charge is 0.379 e. The Kier molecular flexibility index (Phi) is 22.5. The number of aromatic nitrogens is 3. The average molecular weight is 514 g/mol. The molecule has 2 amide bonds. The topological polar surface area (TPSA) is 134 Å². The highest BCUT2D eigenvalue weighted by Crippen LogP contribution is 2.08. The summed E-state index contributed by atoms with van der Waals surface area (Å²) in [5.41, 5.74) is 0.535. The summed E-state index contributed by atoms with van der Waals surface area (Å²) in [5.74, 6) is -0.692. The van der Waals surface area contributed by atoms with Crippen molar-refractivity contribution in [1.82, 2.24) is 25.2 Å². The molecule has 12 heteroatoms. The summed E-state index contributed by atoms with van der Waals surface area (Å²) >= 11 is 0. The lowest BCUT2D eigenvalue weighted by Crippen LogP contribution is -2.29. The van der Waals surface area contributed by atoms with Crippen LogP contribution in [0.15, 0.2) is 18.3 Å². The number of aldehydes is 1. The summed E-state index contributed by atoms with van der Waals surface area (Å²) in [6.07, 6.45) is 6.61. The van der Waals surface area contributed by atoms with Crippen molar-refractivity contribution in [3.05, 3.63) is 24.0 Å². The third-order valence-corrected chi connectivity index (χ3v) is 4.27. The number of carbonyl (C=O) groups is 3. The Morgan fingerprint density at radius 3 is 1.89 bits per heavy atom. The fourth-order valence-electron chi connectivity index (χ4n) is 2.57. The van der Waals surface area contributed by atoms with Crippen LogP contribution in [0.25, 0.3) is 0 Å². The van der Waals surface area contributed by atoms with Crippen molar-refractivity contribution in [3.63, 3.8) is 0 Å². The molecule has 1 aromatic heterocycles. The molecule has 1 aromatic rings. The Hall–Kier alpha value is -2.51. The molecule has 0 unspecified atom stereocenters. The molecule has 1 aliphatic heterocycles. The number of amides is 2. The van der Waals surface area contributed by atoms with Gasteiger partial charge in [0.25, 0.3) is 11.8 Å². The standard InChI is InChI=1S/C18H26N4O7.C4H11N.C2H6/c23-5-1-6-26-8-10-28-12-13-29-11-9-27-7-4-21-14-16(19-20-21)15-22-17(24)2-3-18(22)25;1-3-4-5-2;1-2/h2-3,5,14H,1,4,6-13,15H2;5H,3-4H2,1-2H3;1-2H3. The Bertz CT molecular complexity index is 707. The van der Waals surface area contributed by atoms with E-state index in [2.05, 4.69) is 22.6 Å². The Morgan fingerprint density at radius 1 is 0.889 bits per heavy atom. The first-order valence-corrected chi connectivity index (χ1v) is 12.4. The van der Waals surface area contributed by atoms with Gasteiger partial charge in [-0.05, 0) is 20.0 Å². The van der Waals surface area contributed by atoms with E-state index in [9.17, 15) is 14.4 Å². The zero-order chi connectivity index (χ0) is 26.9. The highest BCUT2D eigenvalue weighted by atomic mass is 16.6. The summed E-state index contributed by atoms with van der Waals surface area (Å²) in [6, 6.07) is 0. The van der Waals surface area contributed by atoms with E-state index in [-0.39, 0.29) is 18.4 Å². The molecule has 0 saturated heterocycles. The van der Waals surface area contributed by atoms with E-state index in [1.807, 2.05) is 20.9 Å². The van der Waals surface area contributed by atoms with Gasteiger partial charge >= 0.3 is 0 Å². The van der Waals surface area contributed by atoms with Gasteiger partial charge in [0, 0.05) is 18.6 Å². The van der Waals surface area contributed by atoms with Crippen LogP contribution >= 0.6 is 0 Å². The van der Waals surface area contributed by atoms with Gasteiger partial charge in [0.15, 0.2) is 0 Å². The second-order valence-electron chi connectivity index (χ2n) is 7.08. The zero-order valence-electron chi connectivity index (χ0n) is 22.1. The maximum absolute atomic E-state index is 11.5. The molecule has 0 atom stereocenters. The van der Waals surface area contributed by atoms with Crippen LogP contribution in [0.5, 0.6) is 0 Å². The normalized spacial score (nSPS) is 12.3. The Balaban J connectivity index is 0.00000156. The van der Waals surface area contributed by atoms with Gasteiger partial charge in [0.1, 0.15) is 12.0 Å². The summed E-state index contributed by atoms with van der Waals surface area (Å²) < 4.78 is 22.9. The minimum Gasteiger partial charge on any atom is -0.379 e.